The molecule has 1 aromatic carbocycles. The highest BCUT2D eigenvalue weighted by Crippen LogP contribution is 2.38. The fraction of sp³-hybridized carbons (Fsp3) is 0.391. The number of hydrogen-bond acceptors (Lipinski definition) is 12. The Morgan fingerprint density at radius 1 is 1.26 bits per heavy atom. The lowest BCUT2D eigenvalue weighted by atomic mass is 10.1. The minimum absolute atomic E-state index is 0.00624. The fourth-order valence-corrected chi connectivity index (χ4v) is 9.81. The molecule has 2 aliphatic heterocycles. The van der Waals surface area contributed by atoms with Crippen LogP contribution in [-0.2, 0) is 29.4 Å². The number of benzene rings is 1. The highest BCUT2D eigenvalue weighted by molar-refractivity contribution is 7.88. The van der Waals surface area contributed by atoms with Crippen molar-refractivity contribution >= 4 is 54.5 Å². The average Bonchev–Trinajstić information content (AvgIpc) is 3.67. The van der Waals surface area contributed by atoms with Gasteiger partial charge < -0.3 is 16.4 Å². The lowest BCUT2D eigenvalue weighted by Crippen LogP contribution is -2.67. The molecule has 0 radical (unpaired) electrons. The van der Waals surface area contributed by atoms with Crippen LogP contribution in [0.4, 0.5) is 0 Å². The number of nitrogen functional groups attached to an aromatic ring is 1. The maximum Gasteiger partial charge on any atom is 0.390 e. The Kier molecular flexibility index (Phi) is 6.55. The molecule has 0 bridgehead atoms. The number of piperazine rings is 1. The van der Waals surface area contributed by atoms with Gasteiger partial charge in [0.1, 0.15) is 24.7 Å². The van der Waals surface area contributed by atoms with E-state index in [0.717, 1.165) is 26.6 Å². The molecule has 1 saturated heterocycles. The topological polar surface area (TPSA) is 192 Å². The van der Waals surface area contributed by atoms with Gasteiger partial charge in [0.2, 0.25) is 5.01 Å². The number of rotatable bonds is 6. The summed E-state index contributed by atoms with van der Waals surface area (Å²) in [6, 6.07) is 6.57. The van der Waals surface area contributed by atoms with Crippen molar-refractivity contribution in [1.29, 1.82) is 5.41 Å². The number of carbonyl (C=O) groups is 1. The number of nitrogens with one attached hydrogen (secondary N) is 4. The molecule has 13 nitrogen and oxygen atoms in total. The summed E-state index contributed by atoms with van der Waals surface area (Å²) in [5.41, 5.74) is 7.00. The van der Waals surface area contributed by atoms with Crippen molar-refractivity contribution in [2.75, 3.05) is 19.6 Å². The SMILES string of the molecule is CC1Cc2nc(C(=O)[N+]3(S(=O)(=O)c4cc5cc(C(=N)N)ccc5s4)CCNC(Cc4nnn[nH]4)C3)sc2CN1. The number of fused-ring (bicyclic) bond motifs is 2. The molecule has 3 atom stereocenters. The number of nitrogens with zero attached hydrogens (tertiary/aromatic N) is 5. The summed E-state index contributed by atoms with van der Waals surface area (Å²) in [6.45, 7) is 3.01. The number of tetrazole rings is 1. The lowest BCUT2D eigenvalue weighted by Gasteiger charge is -2.39. The molecule has 3 aromatic heterocycles. The van der Waals surface area contributed by atoms with Crippen molar-refractivity contribution in [3.05, 3.63) is 51.2 Å². The van der Waals surface area contributed by atoms with E-state index in [2.05, 4.69) is 43.2 Å². The Morgan fingerprint density at radius 2 is 2.10 bits per heavy atom. The van der Waals surface area contributed by atoms with Gasteiger partial charge in [-0.3, -0.25) is 5.41 Å². The van der Waals surface area contributed by atoms with E-state index in [-0.39, 0.29) is 40.2 Å². The monoisotopic (exact) mass is 587 g/mol. The van der Waals surface area contributed by atoms with Crippen LogP contribution in [0.15, 0.2) is 28.5 Å². The summed E-state index contributed by atoms with van der Waals surface area (Å²) in [7, 11) is -4.22. The highest BCUT2D eigenvalue weighted by Gasteiger charge is 2.55. The number of sulfonamides is 1. The zero-order valence-electron chi connectivity index (χ0n) is 21.0. The number of quaternary nitrogens is 1. The number of carbonyl (C=O) groups excluding carboxylic acids is 1. The van der Waals surface area contributed by atoms with Crippen LogP contribution in [0, 0.1) is 5.41 Å². The number of H-pyrrole nitrogens is 1. The van der Waals surface area contributed by atoms with E-state index in [1.165, 1.54) is 11.3 Å². The predicted molar refractivity (Wildman–Crippen MR) is 146 cm³/mol. The number of thiophene rings is 1. The molecule has 16 heteroatoms. The highest BCUT2D eigenvalue weighted by atomic mass is 32.2. The first-order valence-electron chi connectivity index (χ1n) is 12.4. The van der Waals surface area contributed by atoms with Crippen molar-refractivity contribution < 1.29 is 17.1 Å². The molecule has 1 fully saturated rings. The molecule has 5 heterocycles. The minimum Gasteiger partial charge on any atom is -0.384 e. The second-order valence-electron chi connectivity index (χ2n) is 9.89. The van der Waals surface area contributed by atoms with Gasteiger partial charge in [0.25, 0.3) is 0 Å². The van der Waals surface area contributed by atoms with Crippen molar-refractivity contribution in [3.63, 3.8) is 0 Å². The molecule has 0 aliphatic carbocycles. The standard InChI is InChI=1S/C23H27N10O3S3/c1-12-6-16-18(10-27-12)38-22(28-16)23(34)33(5-4-26-15(11-33)9-19-29-31-32-30-19)39(35,36)20-8-14-7-13(21(24)25)2-3-17(14)37-20/h2-3,7-8,12,15,26-27H,4-6,9-11H2,1H3,(H3,24,25)(H,29,30,31,32)/q+1. The third kappa shape index (κ3) is 4.56. The second-order valence-corrected chi connectivity index (χ2v) is 14.4. The van der Waals surface area contributed by atoms with Gasteiger partial charge in [-0.15, -0.1) is 31.7 Å². The zero-order valence-corrected chi connectivity index (χ0v) is 23.4. The molecule has 6 N–H and O–H groups in total. The van der Waals surface area contributed by atoms with Crippen LogP contribution < -0.4 is 16.4 Å². The zero-order chi connectivity index (χ0) is 27.4. The molecule has 1 amide bonds. The van der Waals surface area contributed by atoms with Crippen LogP contribution in [0.25, 0.3) is 10.1 Å². The Labute approximate surface area is 232 Å². The summed E-state index contributed by atoms with van der Waals surface area (Å²) in [4.78, 5) is 20.0. The number of aromatic amines is 1. The third-order valence-corrected chi connectivity index (χ3v) is 12.1. The molecule has 6 rings (SSSR count). The van der Waals surface area contributed by atoms with Gasteiger partial charge in [-0.05, 0) is 47.0 Å². The quantitative estimate of drug-likeness (QED) is 0.122. The smallest absolute Gasteiger partial charge is 0.384 e. The number of nitrogens with two attached hydrogens (primary N) is 1. The van der Waals surface area contributed by atoms with Crippen LogP contribution in [0.2, 0.25) is 0 Å². The van der Waals surface area contributed by atoms with Gasteiger partial charge in [-0.2, -0.15) is 8.42 Å². The van der Waals surface area contributed by atoms with E-state index in [0.29, 0.717) is 42.7 Å². The first kappa shape index (κ1) is 26.1. The Balaban J connectivity index is 1.44. The number of aromatic nitrogens is 5. The normalized spacial score (nSPS) is 23.5. The molecular weight excluding hydrogens is 561 g/mol. The maximum absolute atomic E-state index is 14.5. The van der Waals surface area contributed by atoms with E-state index < -0.39 is 19.8 Å². The van der Waals surface area contributed by atoms with Crippen molar-refractivity contribution in [2.24, 2.45) is 5.73 Å². The van der Waals surface area contributed by atoms with Gasteiger partial charge in [0, 0.05) is 47.1 Å². The van der Waals surface area contributed by atoms with Gasteiger partial charge in [-0.25, -0.2) is 14.9 Å². The molecule has 3 unspecified atom stereocenters. The Morgan fingerprint density at radius 3 is 2.87 bits per heavy atom. The Bertz CT molecular complexity index is 1680. The Hall–Kier alpha value is -3.15. The first-order valence-corrected chi connectivity index (χ1v) is 15.5. The summed E-state index contributed by atoms with van der Waals surface area (Å²) in [5, 5.41) is 29.2. The first-order chi connectivity index (χ1) is 18.7. The molecule has 0 saturated carbocycles. The van der Waals surface area contributed by atoms with Crippen LogP contribution in [0.1, 0.15) is 38.7 Å². The van der Waals surface area contributed by atoms with Gasteiger partial charge >= 0.3 is 15.9 Å². The van der Waals surface area contributed by atoms with E-state index in [4.69, 9.17) is 11.1 Å². The van der Waals surface area contributed by atoms with Gasteiger partial charge in [0.15, 0.2) is 4.21 Å². The predicted octanol–water partition coefficient (Wildman–Crippen LogP) is 0.750. The number of thiazole rings is 1. The van der Waals surface area contributed by atoms with Gasteiger partial charge in [0.05, 0.1) is 11.7 Å². The second kappa shape index (κ2) is 9.79. The largest absolute Gasteiger partial charge is 0.390 e. The summed E-state index contributed by atoms with van der Waals surface area (Å²) >= 11 is 2.38. The molecule has 4 aromatic rings. The number of amides is 1. The number of hydrogen-bond donors (Lipinski definition) is 5. The van der Waals surface area contributed by atoms with Crippen molar-refractivity contribution in [3.8, 4) is 0 Å². The molecule has 2 aliphatic rings. The fourth-order valence-electron chi connectivity index (χ4n) is 5.17. The van der Waals surface area contributed by atoms with Gasteiger partial charge in [-0.1, -0.05) is 0 Å². The van der Waals surface area contributed by atoms with Crippen molar-refractivity contribution in [1.82, 2.24) is 36.2 Å². The van der Waals surface area contributed by atoms with Crippen LogP contribution in [0.3, 0.4) is 0 Å². The van der Waals surface area contributed by atoms with Crippen LogP contribution >= 0.6 is 22.7 Å². The van der Waals surface area contributed by atoms with Crippen molar-refractivity contribution in [2.45, 2.75) is 42.6 Å². The maximum atomic E-state index is 14.5. The summed E-state index contributed by atoms with van der Waals surface area (Å²) in [5.74, 6) is -0.124. The van der Waals surface area contributed by atoms with Crippen LogP contribution in [0.5, 0.6) is 0 Å². The average molecular weight is 588 g/mol. The molecule has 39 heavy (non-hydrogen) atoms. The molecule has 0 spiro atoms. The van der Waals surface area contributed by atoms with E-state index >= 15 is 0 Å². The van der Waals surface area contributed by atoms with E-state index in [9.17, 15) is 13.2 Å². The summed E-state index contributed by atoms with van der Waals surface area (Å²) in [6.07, 6.45) is 1.02. The molecular formula is C23H27N10O3S3+. The third-order valence-electron chi connectivity index (χ3n) is 7.21. The minimum atomic E-state index is -4.22. The van der Waals surface area contributed by atoms with Crippen LogP contribution in [-0.4, -0.2) is 81.4 Å². The molecule has 204 valence electrons. The van der Waals surface area contributed by atoms with E-state index in [1.54, 1.807) is 24.3 Å². The lowest BCUT2D eigenvalue weighted by molar-refractivity contribution is -0.727. The summed E-state index contributed by atoms with van der Waals surface area (Å²) < 4.78 is 29.1. The van der Waals surface area contributed by atoms with E-state index in [1.807, 2.05) is 0 Å². The number of amidine groups is 1.